The van der Waals surface area contributed by atoms with Gasteiger partial charge in [-0.2, -0.15) is 0 Å². The van der Waals surface area contributed by atoms with E-state index >= 15 is 0 Å². The van der Waals surface area contributed by atoms with Gasteiger partial charge in [-0.3, -0.25) is 10.1 Å². The van der Waals surface area contributed by atoms with Gasteiger partial charge in [0.05, 0.1) is 4.92 Å². The fourth-order valence-electron chi connectivity index (χ4n) is 1.30. The molecule has 0 N–H and O–H groups in total. The van der Waals surface area contributed by atoms with Gasteiger partial charge in [0.15, 0.2) is 11.4 Å². The summed E-state index contributed by atoms with van der Waals surface area (Å²) in [6, 6.07) is 3.71. The lowest BCUT2D eigenvalue weighted by Crippen LogP contribution is -2.07. The van der Waals surface area contributed by atoms with Crippen LogP contribution in [0.5, 0.6) is 0 Å². The molecule has 7 heteroatoms. The van der Waals surface area contributed by atoms with Gasteiger partial charge < -0.3 is 4.42 Å². The number of nitro groups is 1. The molecule has 0 atom stereocenters. The summed E-state index contributed by atoms with van der Waals surface area (Å²) in [4.78, 5) is 20.8. The first-order valence-electron chi connectivity index (χ1n) is 4.07. The quantitative estimate of drug-likeness (QED) is 0.438. The molecule has 0 aliphatic rings. The van der Waals surface area contributed by atoms with E-state index in [1.807, 2.05) is 0 Å². The Morgan fingerprint density at radius 1 is 1.44 bits per heavy atom. The number of halogens is 2. The molecule has 0 fully saturated rings. The zero-order chi connectivity index (χ0) is 11.9. The van der Waals surface area contributed by atoms with E-state index in [-0.39, 0.29) is 11.0 Å². The van der Waals surface area contributed by atoms with Crippen molar-refractivity contribution in [3.63, 3.8) is 0 Å². The predicted molar refractivity (Wildman–Crippen MR) is 54.1 cm³/mol. The maximum atomic E-state index is 13.2. The average Bonchev–Trinajstić information content (AvgIpc) is 2.19. The lowest BCUT2D eigenvalue weighted by molar-refractivity contribution is -0.387. The largest absolute Gasteiger partial charge is 0.417 e. The van der Waals surface area contributed by atoms with Crippen LogP contribution in [-0.2, 0) is 0 Å². The topological polar surface area (TPSA) is 73.3 Å². The highest BCUT2D eigenvalue weighted by Gasteiger charge is 2.24. The zero-order valence-corrected chi connectivity index (χ0v) is 8.32. The minimum atomic E-state index is -1.27. The summed E-state index contributed by atoms with van der Waals surface area (Å²) >= 11 is 5.65. The highest BCUT2D eigenvalue weighted by molar-refractivity contribution is 6.37. The number of nitrogens with zero attached hydrogens (tertiary/aromatic N) is 1. The summed E-state index contributed by atoms with van der Waals surface area (Å²) in [6.45, 7) is 0. The number of hydrogen-bond donors (Lipinski definition) is 0. The zero-order valence-electron chi connectivity index (χ0n) is 7.57. The van der Waals surface area contributed by atoms with Crippen LogP contribution in [0.15, 0.2) is 27.4 Å². The Hall–Kier alpha value is -1.95. The average molecular weight is 244 g/mol. The molecule has 0 aliphatic carbocycles. The van der Waals surface area contributed by atoms with Gasteiger partial charge in [-0.1, -0.05) is 17.7 Å². The third kappa shape index (κ3) is 1.43. The van der Waals surface area contributed by atoms with Gasteiger partial charge in [-0.25, -0.2) is 9.18 Å². The lowest BCUT2D eigenvalue weighted by Gasteiger charge is -2.00. The van der Waals surface area contributed by atoms with E-state index in [1.54, 1.807) is 0 Å². The van der Waals surface area contributed by atoms with Gasteiger partial charge in [0, 0.05) is 5.39 Å². The summed E-state index contributed by atoms with van der Waals surface area (Å²) in [6.07, 6.45) is 0. The molecule has 1 heterocycles. The Morgan fingerprint density at radius 3 is 2.75 bits per heavy atom. The molecule has 1 aromatic heterocycles. The van der Waals surface area contributed by atoms with E-state index in [0.717, 1.165) is 6.07 Å². The number of hydrogen-bond acceptors (Lipinski definition) is 4. The van der Waals surface area contributed by atoms with Crippen LogP contribution in [0.3, 0.4) is 0 Å². The molecule has 5 nitrogen and oxygen atoms in total. The van der Waals surface area contributed by atoms with Crippen molar-refractivity contribution in [2.75, 3.05) is 0 Å². The molecule has 2 aromatic rings. The van der Waals surface area contributed by atoms with Gasteiger partial charge in [0.1, 0.15) is 5.02 Å². The Bertz CT molecular complexity index is 652. The molecule has 0 saturated carbocycles. The molecule has 0 radical (unpaired) electrons. The minimum Gasteiger partial charge on any atom is -0.414 e. The highest BCUT2D eigenvalue weighted by Crippen LogP contribution is 2.30. The van der Waals surface area contributed by atoms with E-state index in [0.29, 0.717) is 0 Å². The normalized spacial score (nSPS) is 10.6. The molecule has 0 bridgehead atoms. The van der Waals surface area contributed by atoms with Gasteiger partial charge >= 0.3 is 11.3 Å². The molecule has 0 spiro atoms. The second kappa shape index (κ2) is 3.57. The van der Waals surface area contributed by atoms with Crippen LogP contribution in [0.1, 0.15) is 0 Å². The monoisotopic (exact) mass is 243 g/mol. The molecule has 16 heavy (non-hydrogen) atoms. The third-order valence-electron chi connectivity index (χ3n) is 1.98. The third-order valence-corrected chi connectivity index (χ3v) is 2.36. The predicted octanol–water partition coefficient (Wildman–Crippen LogP) is 2.49. The molecule has 2 rings (SSSR count). The summed E-state index contributed by atoms with van der Waals surface area (Å²) in [5.41, 5.74) is -2.55. The van der Waals surface area contributed by atoms with Crippen molar-refractivity contribution in [3.05, 3.63) is 49.6 Å². The number of para-hydroxylation sites is 1. The Kier molecular flexibility index (Phi) is 2.35. The first-order valence-corrected chi connectivity index (χ1v) is 4.45. The van der Waals surface area contributed by atoms with E-state index in [2.05, 4.69) is 4.42 Å². The van der Waals surface area contributed by atoms with Gasteiger partial charge in [0.25, 0.3) is 0 Å². The smallest absolute Gasteiger partial charge is 0.414 e. The molecule has 82 valence electrons. The fraction of sp³-hybridized carbons (Fsp3) is 0. The molecular formula is C9H3ClFNO4. The summed E-state index contributed by atoms with van der Waals surface area (Å²) in [5.74, 6) is -0.800. The van der Waals surface area contributed by atoms with Crippen LogP contribution in [0, 0.1) is 15.9 Å². The van der Waals surface area contributed by atoms with Crippen molar-refractivity contribution in [1.82, 2.24) is 0 Å². The van der Waals surface area contributed by atoms with E-state index in [9.17, 15) is 19.3 Å². The van der Waals surface area contributed by atoms with E-state index in [4.69, 9.17) is 11.6 Å². The highest BCUT2D eigenvalue weighted by atomic mass is 35.5. The molecule has 0 aliphatic heterocycles. The van der Waals surface area contributed by atoms with Crippen molar-refractivity contribution in [2.45, 2.75) is 0 Å². The van der Waals surface area contributed by atoms with Crippen molar-refractivity contribution >= 4 is 28.3 Å². The first-order chi connectivity index (χ1) is 7.52. The maximum Gasteiger partial charge on any atom is 0.417 e. The Morgan fingerprint density at radius 2 is 2.12 bits per heavy atom. The minimum absolute atomic E-state index is 0.00651. The standard InChI is InChI=1S/C9H3ClFNO4/c10-6-4-2-1-3-5(11)8(4)16-9(13)7(6)12(14)15/h1-3H. The van der Waals surface area contributed by atoms with Crippen LogP contribution in [0.25, 0.3) is 11.0 Å². The maximum absolute atomic E-state index is 13.2. The molecule has 0 unspecified atom stereocenters. The van der Waals surface area contributed by atoms with Crippen molar-refractivity contribution in [3.8, 4) is 0 Å². The first kappa shape index (κ1) is 10.6. The summed E-state index contributed by atoms with van der Waals surface area (Å²) < 4.78 is 17.7. The van der Waals surface area contributed by atoms with Gasteiger partial charge in [0.2, 0.25) is 0 Å². The van der Waals surface area contributed by atoms with Crippen molar-refractivity contribution < 1.29 is 13.7 Å². The molecule has 0 saturated heterocycles. The Balaban J connectivity index is 3.01. The summed E-state index contributed by atoms with van der Waals surface area (Å²) in [5, 5.41) is 10.1. The molecule has 0 amide bonds. The molecular weight excluding hydrogens is 241 g/mol. The number of benzene rings is 1. The van der Waals surface area contributed by atoms with Crippen molar-refractivity contribution in [2.24, 2.45) is 0 Å². The summed E-state index contributed by atoms with van der Waals surface area (Å²) in [7, 11) is 0. The second-order valence-corrected chi connectivity index (χ2v) is 3.30. The van der Waals surface area contributed by atoms with E-state index in [1.165, 1.54) is 12.1 Å². The van der Waals surface area contributed by atoms with Crippen molar-refractivity contribution in [1.29, 1.82) is 0 Å². The number of fused-ring (bicyclic) bond motifs is 1. The van der Waals surface area contributed by atoms with Crippen LogP contribution < -0.4 is 5.63 Å². The Labute approximate surface area is 92.2 Å². The van der Waals surface area contributed by atoms with E-state index < -0.39 is 27.1 Å². The lowest BCUT2D eigenvalue weighted by atomic mass is 10.2. The van der Waals surface area contributed by atoms with Crippen LogP contribution in [-0.4, -0.2) is 4.92 Å². The fourth-order valence-corrected chi connectivity index (χ4v) is 1.59. The second-order valence-electron chi connectivity index (χ2n) is 2.93. The van der Waals surface area contributed by atoms with Gasteiger partial charge in [-0.05, 0) is 12.1 Å². The molecule has 1 aromatic carbocycles. The SMILES string of the molecule is O=c1oc2c(F)cccc2c(Cl)c1[N+](=O)[O-]. The number of rotatable bonds is 1. The van der Waals surface area contributed by atoms with Crippen LogP contribution in [0.4, 0.5) is 10.1 Å². The van der Waals surface area contributed by atoms with Crippen LogP contribution in [0.2, 0.25) is 5.02 Å². The van der Waals surface area contributed by atoms with Crippen LogP contribution >= 0.6 is 11.6 Å². The van der Waals surface area contributed by atoms with Gasteiger partial charge in [-0.15, -0.1) is 0 Å².